The summed E-state index contributed by atoms with van der Waals surface area (Å²) in [6.45, 7) is 1.67. The molecule has 0 bridgehead atoms. The van der Waals surface area contributed by atoms with Crippen LogP contribution in [-0.4, -0.2) is 43.7 Å². The van der Waals surface area contributed by atoms with Crippen LogP contribution in [0.5, 0.6) is 0 Å². The summed E-state index contributed by atoms with van der Waals surface area (Å²) in [7, 11) is -0.990. The van der Waals surface area contributed by atoms with Crippen LogP contribution in [0, 0.1) is 12.7 Å². The molecule has 4 rings (SSSR count). The zero-order chi connectivity index (χ0) is 23.7. The number of anilines is 1. The van der Waals surface area contributed by atoms with Crippen molar-refractivity contribution < 1.29 is 28.8 Å². The van der Waals surface area contributed by atoms with Gasteiger partial charge in [0.1, 0.15) is 5.82 Å². The Morgan fingerprint density at radius 1 is 1.21 bits per heavy atom. The molecule has 1 atom stereocenters. The molecule has 0 radical (unpaired) electrons. The first kappa shape index (κ1) is 25.1. The molecular weight excluding hydrogens is 459 g/mol. The van der Waals surface area contributed by atoms with Crippen molar-refractivity contribution in [3.63, 3.8) is 0 Å². The van der Waals surface area contributed by atoms with Crippen molar-refractivity contribution in [1.82, 2.24) is 4.98 Å². The van der Waals surface area contributed by atoms with Crippen LogP contribution in [0.2, 0.25) is 0 Å². The van der Waals surface area contributed by atoms with Gasteiger partial charge in [0.2, 0.25) is 0 Å². The molecule has 2 aromatic carbocycles. The van der Waals surface area contributed by atoms with E-state index in [9.17, 15) is 23.3 Å². The number of nitrogens with one attached hydrogen (secondary N) is 2. The second kappa shape index (κ2) is 10.1. The Labute approximate surface area is 198 Å². The molecule has 178 valence electrons. The number of H-pyrrole nitrogens is 1. The lowest BCUT2D eigenvalue weighted by molar-refractivity contribution is -0.110. The molecule has 0 saturated heterocycles. The number of aromatic carboxylic acids is 1. The van der Waals surface area contributed by atoms with E-state index in [0.717, 1.165) is 0 Å². The SMILES string of the molecule is Cc1[nH]c(/C=C2\C(=O)Nc3cccc(-c4cccc(F)c4)c32)c(CCCS(C)=O)c1C(=O)O.O. The molecule has 3 aromatic rings. The first-order valence-corrected chi connectivity index (χ1v) is 12.2. The molecule has 1 amide bonds. The fourth-order valence-electron chi connectivity index (χ4n) is 4.25. The van der Waals surface area contributed by atoms with Crippen LogP contribution in [0.4, 0.5) is 10.1 Å². The van der Waals surface area contributed by atoms with Gasteiger partial charge in [-0.2, -0.15) is 0 Å². The predicted molar refractivity (Wildman–Crippen MR) is 132 cm³/mol. The molecule has 0 aliphatic carbocycles. The highest BCUT2D eigenvalue weighted by Crippen LogP contribution is 2.41. The van der Waals surface area contributed by atoms with E-state index in [0.29, 0.717) is 63.5 Å². The minimum atomic E-state index is -1.06. The van der Waals surface area contributed by atoms with Gasteiger partial charge in [0.25, 0.3) is 5.91 Å². The summed E-state index contributed by atoms with van der Waals surface area (Å²) in [5.74, 6) is -1.31. The van der Waals surface area contributed by atoms with E-state index in [4.69, 9.17) is 0 Å². The summed E-state index contributed by atoms with van der Waals surface area (Å²) in [5, 5.41) is 12.6. The number of aryl methyl sites for hydroxylation is 1. The Balaban J connectivity index is 0.00000324. The number of carbonyl (C=O) groups is 2. The van der Waals surface area contributed by atoms with Gasteiger partial charge in [-0.3, -0.25) is 9.00 Å². The molecule has 1 aliphatic heterocycles. The molecule has 9 heteroatoms. The zero-order valence-corrected chi connectivity index (χ0v) is 19.5. The summed E-state index contributed by atoms with van der Waals surface area (Å²) in [6.07, 6.45) is 4.22. The number of aromatic nitrogens is 1. The molecule has 0 saturated carbocycles. The summed E-state index contributed by atoms with van der Waals surface area (Å²) < 4.78 is 25.4. The third-order valence-electron chi connectivity index (χ3n) is 5.65. The Morgan fingerprint density at radius 3 is 2.62 bits per heavy atom. The monoisotopic (exact) mass is 484 g/mol. The number of benzene rings is 2. The Morgan fingerprint density at radius 2 is 1.94 bits per heavy atom. The van der Waals surface area contributed by atoms with Crippen LogP contribution in [0.1, 0.15) is 39.3 Å². The molecule has 1 unspecified atom stereocenters. The van der Waals surface area contributed by atoms with E-state index in [1.54, 1.807) is 43.5 Å². The van der Waals surface area contributed by atoms with Crippen LogP contribution in [0.25, 0.3) is 22.8 Å². The Bertz CT molecular complexity index is 1330. The largest absolute Gasteiger partial charge is 0.478 e. The summed E-state index contributed by atoms with van der Waals surface area (Å²) >= 11 is 0. The molecule has 5 N–H and O–H groups in total. The third-order valence-corrected chi connectivity index (χ3v) is 6.51. The van der Waals surface area contributed by atoms with Crippen molar-refractivity contribution in [2.24, 2.45) is 0 Å². The second-order valence-electron chi connectivity index (χ2n) is 7.95. The van der Waals surface area contributed by atoms with Gasteiger partial charge in [-0.15, -0.1) is 0 Å². The maximum Gasteiger partial charge on any atom is 0.337 e. The average molecular weight is 485 g/mol. The fourth-order valence-corrected chi connectivity index (χ4v) is 4.80. The molecule has 0 fully saturated rings. The lowest BCUT2D eigenvalue weighted by atomic mass is 9.93. The van der Waals surface area contributed by atoms with Crippen LogP contribution in [-0.2, 0) is 22.0 Å². The zero-order valence-electron chi connectivity index (χ0n) is 18.7. The summed E-state index contributed by atoms with van der Waals surface area (Å²) in [6, 6.07) is 11.5. The molecule has 2 heterocycles. The highest BCUT2D eigenvalue weighted by atomic mass is 32.2. The molecule has 0 spiro atoms. The van der Waals surface area contributed by atoms with Gasteiger partial charge < -0.3 is 20.9 Å². The van der Waals surface area contributed by atoms with Crippen molar-refractivity contribution in [3.8, 4) is 11.1 Å². The van der Waals surface area contributed by atoms with Gasteiger partial charge in [0.15, 0.2) is 0 Å². The Kier molecular flexibility index (Phi) is 7.48. The van der Waals surface area contributed by atoms with E-state index in [2.05, 4.69) is 10.3 Å². The number of fused-ring (bicyclic) bond motifs is 1. The number of halogens is 1. The molecule has 7 nitrogen and oxygen atoms in total. The minimum Gasteiger partial charge on any atom is -0.478 e. The van der Waals surface area contributed by atoms with Crippen molar-refractivity contribution in [1.29, 1.82) is 0 Å². The van der Waals surface area contributed by atoms with Crippen LogP contribution in [0.15, 0.2) is 42.5 Å². The number of hydrogen-bond acceptors (Lipinski definition) is 3. The standard InChI is InChI=1S/C25H23FN2O4S.H2O/c1-14-22(25(30)31)18(9-5-11-33(2)32)21(27-14)13-19-23-17(15-6-3-7-16(26)12-15)8-4-10-20(23)28-24(19)29;/h3-4,6-8,10,12-13,27H,5,9,11H2,1-2H3,(H,28,29)(H,30,31);1H2/b19-13-;. The molecule has 1 aromatic heterocycles. The molecular formula is C25H25FN2O5S. The van der Waals surface area contributed by atoms with Crippen molar-refractivity contribution in [2.75, 3.05) is 17.3 Å². The van der Waals surface area contributed by atoms with Crippen molar-refractivity contribution >= 4 is 40.0 Å². The number of amides is 1. The number of hydrogen-bond donors (Lipinski definition) is 3. The minimum absolute atomic E-state index is 0. The van der Waals surface area contributed by atoms with Gasteiger partial charge in [-0.1, -0.05) is 24.3 Å². The fraction of sp³-hybridized carbons (Fsp3) is 0.200. The number of rotatable bonds is 7. The summed E-state index contributed by atoms with van der Waals surface area (Å²) in [5.41, 5.74) is 4.69. The van der Waals surface area contributed by atoms with Crippen LogP contribution >= 0.6 is 0 Å². The van der Waals surface area contributed by atoms with E-state index in [-0.39, 0.29) is 22.8 Å². The lowest BCUT2D eigenvalue weighted by Gasteiger charge is -2.09. The molecule has 34 heavy (non-hydrogen) atoms. The lowest BCUT2D eigenvalue weighted by Crippen LogP contribution is -2.05. The quantitative estimate of drug-likeness (QED) is 0.440. The smallest absolute Gasteiger partial charge is 0.337 e. The van der Waals surface area contributed by atoms with E-state index < -0.39 is 16.8 Å². The van der Waals surface area contributed by atoms with Crippen molar-refractivity contribution in [3.05, 3.63) is 76.4 Å². The average Bonchev–Trinajstić information content (AvgIpc) is 3.24. The van der Waals surface area contributed by atoms with Gasteiger partial charge in [0, 0.05) is 45.4 Å². The molecule has 1 aliphatic rings. The maximum atomic E-state index is 13.9. The van der Waals surface area contributed by atoms with Crippen LogP contribution < -0.4 is 5.32 Å². The van der Waals surface area contributed by atoms with Gasteiger partial charge >= 0.3 is 5.97 Å². The Hall–Kier alpha value is -3.56. The van der Waals surface area contributed by atoms with Gasteiger partial charge in [-0.05, 0) is 60.7 Å². The van der Waals surface area contributed by atoms with E-state index >= 15 is 0 Å². The summed E-state index contributed by atoms with van der Waals surface area (Å²) in [4.78, 5) is 27.9. The number of carboxylic acids is 1. The highest BCUT2D eigenvalue weighted by Gasteiger charge is 2.29. The predicted octanol–water partition coefficient (Wildman–Crippen LogP) is 3.81. The van der Waals surface area contributed by atoms with E-state index in [1.165, 1.54) is 12.1 Å². The van der Waals surface area contributed by atoms with Crippen molar-refractivity contribution in [2.45, 2.75) is 19.8 Å². The second-order valence-corrected chi connectivity index (χ2v) is 9.51. The first-order valence-electron chi connectivity index (χ1n) is 10.4. The van der Waals surface area contributed by atoms with Gasteiger partial charge in [0.05, 0.1) is 11.1 Å². The topological polar surface area (TPSA) is 131 Å². The van der Waals surface area contributed by atoms with Gasteiger partial charge in [-0.25, -0.2) is 9.18 Å². The number of aromatic amines is 1. The normalized spacial score (nSPS) is 14.4. The van der Waals surface area contributed by atoms with Crippen LogP contribution in [0.3, 0.4) is 0 Å². The third kappa shape index (κ3) is 4.85. The first-order chi connectivity index (χ1) is 15.8. The highest BCUT2D eigenvalue weighted by molar-refractivity contribution is 7.84. The van der Waals surface area contributed by atoms with E-state index in [1.807, 2.05) is 6.07 Å². The maximum absolute atomic E-state index is 13.9. The number of carbonyl (C=O) groups excluding carboxylic acids is 1. The number of carboxylic acid groups (broad SMARTS) is 1.